The second kappa shape index (κ2) is 7.45. The molecule has 1 aliphatic heterocycles. The number of hydrogen-bond donors (Lipinski definition) is 0. The first kappa shape index (κ1) is 17.1. The number of carbonyl (C=O) groups excluding carboxylic acids is 1. The average molecular weight is 364 g/mol. The van der Waals surface area contributed by atoms with E-state index in [2.05, 4.69) is 0 Å². The van der Waals surface area contributed by atoms with Crippen LogP contribution in [0.5, 0.6) is 5.75 Å². The molecular weight excluding hydrogens is 345 g/mol. The van der Waals surface area contributed by atoms with Gasteiger partial charge in [-0.25, -0.2) is 0 Å². The van der Waals surface area contributed by atoms with Gasteiger partial charge in [0.2, 0.25) is 5.91 Å². The number of para-hydroxylation sites is 1. The first-order valence-corrected chi connectivity index (χ1v) is 8.83. The summed E-state index contributed by atoms with van der Waals surface area (Å²) in [6.07, 6.45) is 1.37. The van der Waals surface area contributed by atoms with E-state index in [1.54, 1.807) is 12.0 Å². The lowest BCUT2D eigenvalue weighted by atomic mass is 9.89. The number of carbonyl (C=O) groups is 1. The highest BCUT2D eigenvalue weighted by Crippen LogP contribution is 2.38. The van der Waals surface area contributed by atoms with E-state index in [1.807, 2.05) is 42.5 Å². The minimum atomic E-state index is -0.0910. The molecule has 1 amide bonds. The van der Waals surface area contributed by atoms with Gasteiger partial charge in [-0.15, -0.1) is 11.6 Å². The van der Waals surface area contributed by atoms with Crippen LogP contribution in [0.2, 0.25) is 5.02 Å². The summed E-state index contributed by atoms with van der Waals surface area (Å²) < 4.78 is 5.19. The van der Waals surface area contributed by atoms with Gasteiger partial charge in [0.25, 0.3) is 0 Å². The number of nitrogens with zero attached hydrogens (tertiary/aromatic N) is 1. The summed E-state index contributed by atoms with van der Waals surface area (Å²) in [5.74, 6) is 1.27. The second-order valence-corrected chi connectivity index (χ2v) is 6.68. The Hall–Kier alpha value is -1.71. The summed E-state index contributed by atoms with van der Waals surface area (Å²) in [5, 5.41) is 0.610. The summed E-state index contributed by atoms with van der Waals surface area (Å²) in [6.45, 7) is 0.484. The monoisotopic (exact) mass is 363 g/mol. The highest BCUT2D eigenvalue weighted by molar-refractivity contribution is 6.34. The molecule has 0 saturated heterocycles. The van der Waals surface area contributed by atoms with Crippen LogP contribution in [0.15, 0.2) is 42.5 Å². The Bertz CT molecular complexity index is 731. The maximum absolute atomic E-state index is 12.9. The minimum absolute atomic E-state index is 0.0899. The van der Waals surface area contributed by atoms with Crippen LogP contribution >= 0.6 is 23.2 Å². The first-order valence-electron chi connectivity index (χ1n) is 7.91. The smallest absolute Gasteiger partial charge is 0.230 e. The Morgan fingerprint density at radius 3 is 2.62 bits per heavy atom. The molecule has 2 aromatic carbocycles. The third kappa shape index (κ3) is 3.38. The largest absolute Gasteiger partial charge is 0.497 e. The van der Waals surface area contributed by atoms with E-state index in [4.69, 9.17) is 27.9 Å². The number of benzene rings is 2. The number of hydrogen-bond acceptors (Lipinski definition) is 2. The van der Waals surface area contributed by atoms with Crippen molar-refractivity contribution < 1.29 is 9.53 Å². The molecule has 126 valence electrons. The topological polar surface area (TPSA) is 29.5 Å². The molecule has 3 rings (SSSR count). The number of halogens is 2. The molecule has 1 unspecified atom stereocenters. The van der Waals surface area contributed by atoms with Crippen molar-refractivity contribution in [3.8, 4) is 5.75 Å². The Morgan fingerprint density at radius 2 is 1.96 bits per heavy atom. The predicted molar refractivity (Wildman–Crippen MR) is 98.2 cm³/mol. The van der Waals surface area contributed by atoms with Crippen molar-refractivity contribution in [3.63, 3.8) is 0 Å². The number of amides is 1. The fourth-order valence-corrected chi connectivity index (χ4v) is 3.70. The third-order valence-corrected chi connectivity index (χ3v) is 4.90. The Morgan fingerprint density at radius 1 is 1.21 bits per heavy atom. The molecule has 0 aromatic heterocycles. The molecule has 2 aromatic rings. The van der Waals surface area contributed by atoms with Crippen LogP contribution in [0, 0.1) is 5.92 Å². The van der Waals surface area contributed by atoms with Gasteiger partial charge < -0.3 is 9.64 Å². The maximum Gasteiger partial charge on any atom is 0.230 e. The van der Waals surface area contributed by atoms with E-state index in [0.29, 0.717) is 30.3 Å². The highest BCUT2D eigenvalue weighted by Gasteiger charge is 2.33. The third-order valence-electron chi connectivity index (χ3n) is 4.38. The Labute approximate surface area is 152 Å². The number of ether oxygens (including phenoxy) is 1. The van der Waals surface area contributed by atoms with Crippen molar-refractivity contribution in [1.29, 1.82) is 0 Å². The van der Waals surface area contributed by atoms with Crippen molar-refractivity contribution >= 4 is 34.8 Å². The Balaban J connectivity index is 1.95. The van der Waals surface area contributed by atoms with Gasteiger partial charge in [0.1, 0.15) is 5.75 Å². The van der Waals surface area contributed by atoms with Crippen LogP contribution in [0.1, 0.15) is 17.5 Å². The average Bonchev–Trinajstić information content (AvgIpc) is 2.59. The molecular formula is C19H19Cl2NO2. The van der Waals surface area contributed by atoms with Gasteiger partial charge in [-0.2, -0.15) is 0 Å². The lowest BCUT2D eigenvalue weighted by Crippen LogP contribution is -2.41. The normalized spacial score (nSPS) is 16.9. The summed E-state index contributed by atoms with van der Waals surface area (Å²) in [5.41, 5.74) is 2.96. The molecule has 1 aliphatic rings. The molecule has 0 radical (unpaired) electrons. The van der Waals surface area contributed by atoms with E-state index in [-0.39, 0.29) is 11.8 Å². The molecule has 0 saturated carbocycles. The van der Waals surface area contributed by atoms with Crippen molar-refractivity contribution in [3.05, 3.63) is 58.6 Å². The molecule has 0 spiro atoms. The summed E-state index contributed by atoms with van der Waals surface area (Å²) in [6, 6.07) is 13.5. The molecule has 1 heterocycles. The van der Waals surface area contributed by atoms with E-state index < -0.39 is 0 Å². The predicted octanol–water partition coefficient (Wildman–Crippen LogP) is 4.68. The van der Waals surface area contributed by atoms with Crippen LogP contribution in [-0.2, 0) is 17.8 Å². The number of fused-ring (bicyclic) bond motifs is 1. The van der Waals surface area contributed by atoms with Gasteiger partial charge in [0, 0.05) is 11.8 Å². The lowest BCUT2D eigenvalue weighted by molar-refractivity contribution is -0.123. The first-order chi connectivity index (χ1) is 11.6. The van der Waals surface area contributed by atoms with E-state index in [0.717, 1.165) is 22.6 Å². The molecule has 1 atom stereocenters. The quantitative estimate of drug-likeness (QED) is 0.721. The molecule has 0 fully saturated rings. The van der Waals surface area contributed by atoms with Gasteiger partial charge in [-0.3, -0.25) is 4.79 Å². The number of methoxy groups -OCH3 is 1. The maximum atomic E-state index is 12.9. The van der Waals surface area contributed by atoms with Gasteiger partial charge in [-0.05, 0) is 42.2 Å². The molecule has 24 heavy (non-hydrogen) atoms. The Kier molecular flexibility index (Phi) is 5.32. The van der Waals surface area contributed by atoms with Gasteiger partial charge in [0.05, 0.1) is 24.4 Å². The van der Waals surface area contributed by atoms with Crippen LogP contribution in [-0.4, -0.2) is 18.9 Å². The number of rotatable bonds is 5. The van der Waals surface area contributed by atoms with Gasteiger partial charge >= 0.3 is 0 Å². The molecule has 0 bridgehead atoms. The second-order valence-electron chi connectivity index (χ2n) is 5.90. The number of alkyl halides is 1. The van der Waals surface area contributed by atoms with Crippen LogP contribution in [0.25, 0.3) is 0 Å². The fourth-order valence-electron chi connectivity index (χ4n) is 3.14. The van der Waals surface area contributed by atoms with E-state index in [9.17, 15) is 4.79 Å². The number of anilines is 1. The zero-order valence-corrected chi connectivity index (χ0v) is 15.0. The summed E-state index contributed by atoms with van der Waals surface area (Å²) in [7, 11) is 1.63. The van der Waals surface area contributed by atoms with Crippen LogP contribution < -0.4 is 9.64 Å². The van der Waals surface area contributed by atoms with Crippen LogP contribution in [0.4, 0.5) is 5.69 Å². The van der Waals surface area contributed by atoms with Crippen molar-refractivity contribution in [2.45, 2.75) is 19.4 Å². The van der Waals surface area contributed by atoms with Crippen LogP contribution in [0.3, 0.4) is 0 Å². The zero-order valence-electron chi connectivity index (χ0n) is 13.5. The highest BCUT2D eigenvalue weighted by atomic mass is 35.5. The van der Waals surface area contributed by atoms with Crippen molar-refractivity contribution in [2.75, 3.05) is 17.9 Å². The molecule has 0 aliphatic carbocycles. The van der Waals surface area contributed by atoms with Gasteiger partial charge in [-0.1, -0.05) is 35.9 Å². The molecule has 0 N–H and O–H groups in total. The zero-order chi connectivity index (χ0) is 17.1. The lowest BCUT2D eigenvalue weighted by Gasteiger charge is -2.35. The van der Waals surface area contributed by atoms with E-state index >= 15 is 0 Å². The summed E-state index contributed by atoms with van der Waals surface area (Å²) in [4.78, 5) is 14.7. The standard InChI is InChI=1S/C19H19Cl2NO2/c1-24-16-7-5-13(6-8-16)12-22-18-14(3-2-4-17(18)21)11-15(9-10-20)19(22)23/h2-8,15H,9-12H2,1H3. The minimum Gasteiger partial charge on any atom is -0.497 e. The SMILES string of the molecule is COc1ccc(CN2C(=O)C(CCCl)Cc3cccc(Cl)c32)cc1. The fraction of sp³-hybridized carbons (Fsp3) is 0.316. The molecule has 3 nitrogen and oxygen atoms in total. The summed E-state index contributed by atoms with van der Waals surface area (Å²) >= 11 is 12.3. The van der Waals surface area contributed by atoms with E-state index in [1.165, 1.54) is 0 Å². The molecule has 5 heteroatoms. The van der Waals surface area contributed by atoms with Crippen molar-refractivity contribution in [1.82, 2.24) is 0 Å². The van der Waals surface area contributed by atoms with Gasteiger partial charge in [0.15, 0.2) is 0 Å². The van der Waals surface area contributed by atoms with Crippen molar-refractivity contribution in [2.24, 2.45) is 5.92 Å².